The standard InChI is InChI=1S/C14H20BrNO2/c1-3-14(18,4-2)10-16-13(17)9-11-5-7-12(15)8-6-11/h5-8,18H,3-4,9-10H2,1-2H3,(H,16,17). The van der Waals surface area contributed by atoms with Crippen LogP contribution in [0.25, 0.3) is 0 Å². The summed E-state index contributed by atoms with van der Waals surface area (Å²) < 4.78 is 0.998. The molecule has 4 heteroatoms. The number of benzene rings is 1. The van der Waals surface area contributed by atoms with E-state index in [9.17, 15) is 9.90 Å². The second-order valence-corrected chi connectivity index (χ2v) is 5.43. The van der Waals surface area contributed by atoms with Gasteiger partial charge in [-0.1, -0.05) is 41.9 Å². The van der Waals surface area contributed by atoms with Crippen molar-refractivity contribution in [3.63, 3.8) is 0 Å². The summed E-state index contributed by atoms with van der Waals surface area (Å²) in [4.78, 5) is 11.7. The highest BCUT2D eigenvalue weighted by Crippen LogP contribution is 2.13. The quantitative estimate of drug-likeness (QED) is 0.848. The summed E-state index contributed by atoms with van der Waals surface area (Å²) in [6.45, 7) is 4.16. The van der Waals surface area contributed by atoms with Crippen molar-refractivity contribution >= 4 is 21.8 Å². The number of rotatable bonds is 6. The van der Waals surface area contributed by atoms with Crippen LogP contribution >= 0.6 is 15.9 Å². The number of hydrogen-bond donors (Lipinski definition) is 2. The molecule has 2 N–H and O–H groups in total. The van der Waals surface area contributed by atoms with Gasteiger partial charge in [0.15, 0.2) is 0 Å². The van der Waals surface area contributed by atoms with Crippen LogP contribution in [-0.2, 0) is 11.2 Å². The average Bonchev–Trinajstić information content (AvgIpc) is 2.39. The van der Waals surface area contributed by atoms with Crippen molar-refractivity contribution in [3.05, 3.63) is 34.3 Å². The number of amides is 1. The number of aliphatic hydroxyl groups is 1. The summed E-state index contributed by atoms with van der Waals surface area (Å²) in [6.07, 6.45) is 1.63. The largest absolute Gasteiger partial charge is 0.388 e. The minimum Gasteiger partial charge on any atom is -0.388 e. The van der Waals surface area contributed by atoms with Crippen molar-refractivity contribution in [2.24, 2.45) is 0 Å². The van der Waals surface area contributed by atoms with E-state index in [1.807, 2.05) is 38.1 Å². The van der Waals surface area contributed by atoms with Gasteiger partial charge < -0.3 is 10.4 Å². The Hall–Kier alpha value is -0.870. The fourth-order valence-corrected chi connectivity index (χ4v) is 1.88. The third-order valence-corrected chi connectivity index (χ3v) is 3.74. The lowest BCUT2D eigenvalue weighted by atomic mass is 9.97. The molecule has 0 aliphatic carbocycles. The Kier molecular flexibility index (Phi) is 5.82. The highest BCUT2D eigenvalue weighted by molar-refractivity contribution is 9.10. The van der Waals surface area contributed by atoms with Crippen LogP contribution in [-0.4, -0.2) is 23.2 Å². The molecule has 0 aliphatic heterocycles. The minimum atomic E-state index is -0.782. The first-order valence-corrected chi connectivity index (χ1v) is 7.02. The molecule has 100 valence electrons. The first-order valence-electron chi connectivity index (χ1n) is 6.22. The molecule has 0 heterocycles. The van der Waals surface area contributed by atoms with Crippen molar-refractivity contribution in [1.82, 2.24) is 5.32 Å². The number of carbonyl (C=O) groups excluding carboxylic acids is 1. The van der Waals surface area contributed by atoms with Gasteiger partial charge in [-0.3, -0.25) is 4.79 Å². The van der Waals surface area contributed by atoms with Crippen LogP contribution in [0, 0.1) is 0 Å². The fourth-order valence-electron chi connectivity index (χ4n) is 1.61. The second-order valence-electron chi connectivity index (χ2n) is 4.51. The molecule has 0 aromatic heterocycles. The van der Waals surface area contributed by atoms with E-state index < -0.39 is 5.60 Å². The van der Waals surface area contributed by atoms with E-state index in [1.54, 1.807) is 0 Å². The lowest BCUT2D eigenvalue weighted by molar-refractivity contribution is -0.121. The molecule has 0 fully saturated rings. The Morgan fingerprint density at radius 2 is 1.83 bits per heavy atom. The van der Waals surface area contributed by atoms with E-state index in [1.165, 1.54) is 0 Å². The van der Waals surface area contributed by atoms with Gasteiger partial charge in [-0.2, -0.15) is 0 Å². The van der Waals surface area contributed by atoms with Crippen molar-refractivity contribution in [2.75, 3.05) is 6.54 Å². The maximum atomic E-state index is 11.7. The van der Waals surface area contributed by atoms with Crippen LogP contribution in [0.1, 0.15) is 32.3 Å². The van der Waals surface area contributed by atoms with Gasteiger partial charge in [-0.05, 0) is 30.5 Å². The zero-order valence-corrected chi connectivity index (χ0v) is 12.5. The fraction of sp³-hybridized carbons (Fsp3) is 0.500. The normalized spacial score (nSPS) is 11.3. The van der Waals surface area contributed by atoms with E-state index in [4.69, 9.17) is 0 Å². The van der Waals surface area contributed by atoms with E-state index in [0.717, 1.165) is 10.0 Å². The third kappa shape index (κ3) is 4.78. The van der Waals surface area contributed by atoms with Gasteiger partial charge in [0.2, 0.25) is 5.91 Å². The van der Waals surface area contributed by atoms with Crippen molar-refractivity contribution in [3.8, 4) is 0 Å². The molecule has 0 aliphatic rings. The molecule has 0 radical (unpaired) electrons. The molecule has 1 aromatic carbocycles. The van der Waals surface area contributed by atoms with Crippen LogP contribution in [0.5, 0.6) is 0 Å². The zero-order valence-electron chi connectivity index (χ0n) is 10.9. The van der Waals surface area contributed by atoms with Gasteiger partial charge in [0.05, 0.1) is 12.0 Å². The second kappa shape index (κ2) is 6.90. The molecule has 3 nitrogen and oxygen atoms in total. The van der Waals surface area contributed by atoms with Gasteiger partial charge in [0.25, 0.3) is 0 Å². The molecule has 1 amide bonds. The monoisotopic (exact) mass is 313 g/mol. The summed E-state index contributed by atoms with van der Waals surface area (Å²) in [5.74, 6) is -0.0577. The summed E-state index contributed by atoms with van der Waals surface area (Å²) in [5.41, 5.74) is 0.183. The number of hydrogen-bond acceptors (Lipinski definition) is 2. The van der Waals surface area contributed by atoms with Crippen LogP contribution < -0.4 is 5.32 Å². The SMILES string of the molecule is CCC(O)(CC)CNC(=O)Cc1ccc(Br)cc1. The number of nitrogens with one attached hydrogen (secondary N) is 1. The molecule has 0 spiro atoms. The van der Waals surface area contributed by atoms with Gasteiger partial charge >= 0.3 is 0 Å². The van der Waals surface area contributed by atoms with E-state index in [-0.39, 0.29) is 5.91 Å². The molecule has 0 saturated heterocycles. The Morgan fingerprint density at radius 1 is 1.28 bits per heavy atom. The molecule has 0 unspecified atom stereocenters. The zero-order chi connectivity index (χ0) is 13.6. The van der Waals surface area contributed by atoms with Crippen LogP contribution in [0.3, 0.4) is 0 Å². The molecule has 0 saturated carbocycles. The van der Waals surface area contributed by atoms with Crippen molar-refractivity contribution in [2.45, 2.75) is 38.7 Å². The van der Waals surface area contributed by atoms with E-state index >= 15 is 0 Å². The van der Waals surface area contributed by atoms with Crippen LogP contribution in [0.4, 0.5) is 0 Å². The highest BCUT2D eigenvalue weighted by Gasteiger charge is 2.22. The molecule has 1 aromatic rings. The maximum absolute atomic E-state index is 11.7. The Balaban J connectivity index is 2.45. The third-order valence-electron chi connectivity index (χ3n) is 3.21. The summed E-state index contributed by atoms with van der Waals surface area (Å²) in [5, 5.41) is 12.8. The topological polar surface area (TPSA) is 49.3 Å². The predicted octanol–water partition coefficient (Wildman–Crippen LogP) is 2.66. The van der Waals surface area contributed by atoms with Crippen LogP contribution in [0.15, 0.2) is 28.7 Å². The number of carbonyl (C=O) groups is 1. The first kappa shape index (κ1) is 15.2. The average molecular weight is 314 g/mol. The first-order chi connectivity index (χ1) is 8.49. The molecule has 0 bridgehead atoms. The Bertz CT molecular complexity index is 385. The molecular formula is C14H20BrNO2. The minimum absolute atomic E-state index is 0.0577. The Morgan fingerprint density at radius 3 is 2.33 bits per heavy atom. The highest BCUT2D eigenvalue weighted by atomic mass is 79.9. The molecule has 1 rings (SSSR count). The van der Waals surface area contributed by atoms with Crippen LogP contribution in [0.2, 0.25) is 0 Å². The lowest BCUT2D eigenvalue weighted by Crippen LogP contribution is -2.42. The summed E-state index contributed by atoms with van der Waals surface area (Å²) >= 11 is 3.35. The maximum Gasteiger partial charge on any atom is 0.224 e. The smallest absolute Gasteiger partial charge is 0.224 e. The van der Waals surface area contributed by atoms with Gasteiger partial charge in [0.1, 0.15) is 0 Å². The molecule has 18 heavy (non-hydrogen) atoms. The summed E-state index contributed by atoms with van der Waals surface area (Å²) in [7, 11) is 0. The van der Waals surface area contributed by atoms with Gasteiger partial charge in [0, 0.05) is 11.0 Å². The predicted molar refractivity (Wildman–Crippen MR) is 76.4 cm³/mol. The van der Waals surface area contributed by atoms with Gasteiger partial charge in [-0.25, -0.2) is 0 Å². The lowest BCUT2D eigenvalue weighted by Gasteiger charge is -2.25. The Labute approximate surface area is 117 Å². The van der Waals surface area contributed by atoms with E-state index in [0.29, 0.717) is 25.8 Å². The molecular weight excluding hydrogens is 294 g/mol. The van der Waals surface area contributed by atoms with E-state index in [2.05, 4.69) is 21.2 Å². The number of halogens is 1. The van der Waals surface area contributed by atoms with Gasteiger partial charge in [-0.15, -0.1) is 0 Å². The molecule has 0 atom stereocenters. The van der Waals surface area contributed by atoms with Crippen molar-refractivity contribution < 1.29 is 9.90 Å². The summed E-state index contributed by atoms with van der Waals surface area (Å²) in [6, 6.07) is 7.65. The van der Waals surface area contributed by atoms with Crippen molar-refractivity contribution in [1.29, 1.82) is 0 Å².